The van der Waals surface area contributed by atoms with Crippen LogP contribution in [0.3, 0.4) is 0 Å². The van der Waals surface area contributed by atoms with Crippen molar-refractivity contribution in [1.29, 1.82) is 0 Å². The molecule has 0 aliphatic carbocycles. The van der Waals surface area contributed by atoms with Gasteiger partial charge in [-0.1, -0.05) is 0 Å². The van der Waals surface area contributed by atoms with Crippen molar-refractivity contribution in [1.82, 2.24) is 4.90 Å². The molecule has 18 heavy (non-hydrogen) atoms. The molecule has 0 saturated carbocycles. The van der Waals surface area contributed by atoms with Crippen molar-refractivity contribution in [2.45, 2.75) is 12.5 Å². The third-order valence-electron chi connectivity index (χ3n) is 2.77. The van der Waals surface area contributed by atoms with Gasteiger partial charge in [-0.05, 0) is 6.07 Å². The Bertz CT molecular complexity index is 545. The molecule has 7 heteroatoms. The van der Waals surface area contributed by atoms with Crippen LogP contribution in [0.15, 0.2) is 17.1 Å². The average Bonchev–Trinajstić information content (AvgIpc) is 2.30. The molecule has 2 N–H and O–H groups in total. The van der Waals surface area contributed by atoms with E-state index in [0.717, 1.165) is 4.90 Å². The van der Waals surface area contributed by atoms with E-state index >= 15 is 0 Å². The molecule has 96 valence electrons. The van der Waals surface area contributed by atoms with Gasteiger partial charge >= 0.3 is 0 Å². The summed E-state index contributed by atoms with van der Waals surface area (Å²) in [5.41, 5.74) is 5.30. The van der Waals surface area contributed by atoms with Crippen molar-refractivity contribution < 1.29 is 18.0 Å². The van der Waals surface area contributed by atoms with E-state index in [0.29, 0.717) is 12.1 Å². The third kappa shape index (κ3) is 2.03. The number of hydrogen-bond acceptors (Lipinski definition) is 3. The van der Waals surface area contributed by atoms with Crippen LogP contribution in [0, 0.1) is 17.5 Å². The quantitative estimate of drug-likeness (QED) is 0.771. The third-order valence-corrected chi connectivity index (χ3v) is 2.77. The normalized spacial score (nSPS) is 20.0. The first-order chi connectivity index (χ1) is 8.40. The van der Waals surface area contributed by atoms with Crippen LogP contribution < -0.4 is 5.73 Å². The van der Waals surface area contributed by atoms with Crippen molar-refractivity contribution in [3.63, 3.8) is 0 Å². The number of carbonyl (C=O) groups excluding carboxylic acids is 1. The van der Waals surface area contributed by atoms with E-state index < -0.39 is 23.5 Å². The highest BCUT2D eigenvalue weighted by Gasteiger charge is 2.28. The van der Waals surface area contributed by atoms with Gasteiger partial charge in [0.25, 0.3) is 0 Å². The molecule has 1 atom stereocenters. The summed E-state index contributed by atoms with van der Waals surface area (Å²) >= 11 is 0. The summed E-state index contributed by atoms with van der Waals surface area (Å²) < 4.78 is 39.4. The van der Waals surface area contributed by atoms with E-state index in [4.69, 9.17) is 5.73 Å². The Morgan fingerprint density at radius 2 is 1.89 bits per heavy atom. The lowest BCUT2D eigenvalue weighted by atomic mass is 10.0. The highest BCUT2D eigenvalue weighted by atomic mass is 19.2. The van der Waals surface area contributed by atoms with Crippen LogP contribution in [-0.4, -0.2) is 23.8 Å². The Labute approximate surface area is 101 Å². The predicted octanol–water partition coefficient (Wildman–Crippen LogP) is 1.32. The zero-order chi connectivity index (χ0) is 13.4. The summed E-state index contributed by atoms with van der Waals surface area (Å²) in [5.74, 6) is -3.87. The number of benzene rings is 1. The highest BCUT2D eigenvalue weighted by Crippen LogP contribution is 2.28. The van der Waals surface area contributed by atoms with E-state index in [1.165, 1.54) is 7.05 Å². The first kappa shape index (κ1) is 12.4. The van der Waals surface area contributed by atoms with Crippen LogP contribution in [0.2, 0.25) is 0 Å². The summed E-state index contributed by atoms with van der Waals surface area (Å²) in [6, 6.07) is 0.202. The minimum Gasteiger partial charge on any atom is -0.369 e. The topological polar surface area (TPSA) is 58.7 Å². The molecule has 0 aromatic heterocycles. The molecule has 1 heterocycles. The Morgan fingerprint density at radius 1 is 1.28 bits per heavy atom. The number of guanidine groups is 1. The number of nitrogens with two attached hydrogens (primary N) is 1. The number of amides is 1. The van der Waals surface area contributed by atoms with Gasteiger partial charge in [-0.25, -0.2) is 18.2 Å². The molecule has 0 saturated heterocycles. The van der Waals surface area contributed by atoms with E-state index in [1.54, 1.807) is 0 Å². The van der Waals surface area contributed by atoms with Gasteiger partial charge in [0.2, 0.25) is 5.91 Å². The molecule has 1 aromatic carbocycles. The lowest BCUT2D eigenvalue weighted by molar-refractivity contribution is -0.127. The summed E-state index contributed by atoms with van der Waals surface area (Å²) in [7, 11) is 1.43. The average molecular weight is 257 g/mol. The van der Waals surface area contributed by atoms with Crippen LogP contribution in [0.1, 0.15) is 18.0 Å². The molecule has 1 aliphatic heterocycles. The van der Waals surface area contributed by atoms with Gasteiger partial charge in [0.1, 0.15) is 5.82 Å². The predicted molar refractivity (Wildman–Crippen MR) is 58.1 cm³/mol. The summed E-state index contributed by atoms with van der Waals surface area (Å²) in [4.78, 5) is 16.5. The SMILES string of the molecule is CN1C(=O)C[C@@H](c2cc(F)c(F)cc2F)N=C1N. The Kier molecular flexibility index (Phi) is 2.98. The van der Waals surface area contributed by atoms with Gasteiger partial charge in [-0.15, -0.1) is 0 Å². The largest absolute Gasteiger partial charge is 0.369 e. The smallest absolute Gasteiger partial charge is 0.231 e. The van der Waals surface area contributed by atoms with E-state index in [-0.39, 0.29) is 23.9 Å². The molecule has 2 rings (SSSR count). The van der Waals surface area contributed by atoms with Gasteiger partial charge in [-0.2, -0.15) is 0 Å². The fourth-order valence-electron chi connectivity index (χ4n) is 1.69. The maximum atomic E-state index is 13.5. The van der Waals surface area contributed by atoms with E-state index in [1.807, 2.05) is 0 Å². The monoisotopic (exact) mass is 257 g/mol. The van der Waals surface area contributed by atoms with Gasteiger partial charge in [0.15, 0.2) is 17.6 Å². The number of carbonyl (C=O) groups is 1. The number of halogens is 3. The van der Waals surface area contributed by atoms with E-state index in [9.17, 15) is 18.0 Å². The molecule has 0 fully saturated rings. The summed E-state index contributed by atoms with van der Waals surface area (Å²) in [5, 5.41) is 0. The standard InChI is InChI=1S/C11H10F3N3O/c1-17-10(18)4-9(16-11(17)15)5-2-7(13)8(14)3-6(5)12/h2-3,9H,4H2,1H3,(H2,15,16)/t9-/m0/s1. The molecule has 1 aliphatic rings. The molecule has 4 nitrogen and oxygen atoms in total. The minimum absolute atomic E-state index is 0.0830. The molecule has 0 spiro atoms. The first-order valence-electron chi connectivity index (χ1n) is 5.14. The van der Waals surface area contributed by atoms with Crippen LogP contribution in [0.5, 0.6) is 0 Å². The van der Waals surface area contributed by atoms with Crippen molar-refractivity contribution in [2.24, 2.45) is 10.7 Å². The molecule has 0 radical (unpaired) electrons. The number of nitrogens with zero attached hydrogens (tertiary/aromatic N) is 2. The fraction of sp³-hybridized carbons (Fsp3) is 0.273. The second-order valence-corrected chi connectivity index (χ2v) is 3.95. The molecule has 1 aromatic rings. The van der Waals surface area contributed by atoms with Crippen molar-refractivity contribution in [3.05, 3.63) is 35.1 Å². The van der Waals surface area contributed by atoms with Crippen LogP contribution in [-0.2, 0) is 4.79 Å². The minimum atomic E-state index is -1.28. The van der Waals surface area contributed by atoms with Gasteiger partial charge in [0, 0.05) is 18.7 Å². The molecule has 0 bridgehead atoms. The molecular formula is C11H10F3N3O. The second-order valence-electron chi connectivity index (χ2n) is 3.95. The van der Waals surface area contributed by atoms with Crippen molar-refractivity contribution in [3.8, 4) is 0 Å². The second kappa shape index (κ2) is 4.32. The fourth-order valence-corrected chi connectivity index (χ4v) is 1.69. The van der Waals surface area contributed by atoms with Crippen LogP contribution >= 0.6 is 0 Å². The lowest BCUT2D eigenvalue weighted by Gasteiger charge is -2.25. The Hall–Kier alpha value is -2.05. The van der Waals surface area contributed by atoms with E-state index in [2.05, 4.69) is 4.99 Å². The van der Waals surface area contributed by atoms with Crippen molar-refractivity contribution in [2.75, 3.05) is 7.05 Å². The number of rotatable bonds is 1. The molecular weight excluding hydrogens is 247 g/mol. The summed E-state index contributed by atoms with van der Waals surface area (Å²) in [6.07, 6.45) is -0.140. The zero-order valence-electron chi connectivity index (χ0n) is 9.45. The van der Waals surface area contributed by atoms with Gasteiger partial charge < -0.3 is 5.73 Å². The number of hydrogen-bond donors (Lipinski definition) is 1. The maximum absolute atomic E-state index is 13.5. The van der Waals surface area contributed by atoms with Crippen LogP contribution in [0.25, 0.3) is 0 Å². The zero-order valence-corrected chi connectivity index (χ0v) is 9.45. The van der Waals surface area contributed by atoms with Gasteiger partial charge in [0.05, 0.1) is 12.5 Å². The summed E-state index contributed by atoms with van der Waals surface area (Å²) in [6.45, 7) is 0. The Balaban J connectivity index is 2.44. The van der Waals surface area contributed by atoms with Crippen molar-refractivity contribution >= 4 is 11.9 Å². The molecule has 1 amide bonds. The lowest BCUT2D eigenvalue weighted by Crippen LogP contribution is -2.42. The number of aliphatic imine (C=N–C) groups is 1. The Morgan fingerprint density at radius 3 is 2.50 bits per heavy atom. The molecule has 0 unspecified atom stereocenters. The van der Waals surface area contributed by atoms with Gasteiger partial charge in [-0.3, -0.25) is 9.69 Å². The maximum Gasteiger partial charge on any atom is 0.231 e. The first-order valence-corrected chi connectivity index (χ1v) is 5.14. The highest BCUT2D eigenvalue weighted by molar-refractivity contribution is 5.98. The van der Waals surface area contributed by atoms with Crippen LogP contribution in [0.4, 0.5) is 13.2 Å².